The van der Waals surface area contributed by atoms with Crippen LogP contribution in [-0.2, 0) is 25.4 Å². The van der Waals surface area contributed by atoms with E-state index in [4.69, 9.17) is 14.2 Å². The molecule has 0 unspecified atom stereocenters. The third-order valence-electron chi connectivity index (χ3n) is 5.83. The average molecular weight is 460 g/mol. The molecule has 2 amide bonds. The smallest absolute Gasteiger partial charge is 0.417 e. The SMILES string of the molecule is COC(CCS[C@@](C)(/C=C1/C=CCCC1)C(=O)N1C(=O)OC[C@H]1Cc1ccccc1)OC. The van der Waals surface area contributed by atoms with E-state index in [9.17, 15) is 9.59 Å². The lowest BCUT2D eigenvalue weighted by atomic mass is 9.96. The fraction of sp³-hybridized carbons (Fsp3) is 0.520. The number of nitrogens with zero attached hydrogens (tertiary/aromatic N) is 1. The Hall–Kier alpha value is -2.09. The molecular formula is C25H33NO5S. The van der Waals surface area contributed by atoms with E-state index in [0.717, 1.165) is 30.4 Å². The van der Waals surface area contributed by atoms with Crippen molar-refractivity contribution in [3.8, 4) is 0 Å². The van der Waals surface area contributed by atoms with E-state index in [2.05, 4.69) is 12.2 Å². The largest absolute Gasteiger partial charge is 0.447 e. The summed E-state index contributed by atoms with van der Waals surface area (Å²) in [6.07, 6.45) is 9.62. The Morgan fingerprint density at radius 3 is 2.72 bits per heavy atom. The second kappa shape index (κ2) is 11.7. The Bertz CT molecular complexity index is 836. The fourth-order valence-electron chi connectivity index (χ4n) is 4.07. The maximum absolute atomic E-state index is 13.8. The summed E-state index contributed by atoms with van der Waals surface area (Å²) in [4.78, 5) is 27.8. The molecule has 0 aromatic heterocycles. The Kier molecular flexibility index (Phi) is 8.96. The van der Waals surface area contributed by atoms with Crippen LogP contribution in [0.4, 0.5) is 4.79 Å². The van der Waals surface area contributed by atoms with E-state index in [1.165, 1.54) is 16.7 Å². The molecule has 1 fully saturated rings. The van der Waals surface area contributed by atoms with Gasteiger partial charge in [0.25, 0.3) is 5.91 Å². The number of ether oxygens (including phenoxy) is 3. The summed E-state index contributed by atoms with van der Waals surface area (Å²) in [5.74, 6) is 0.415. The molecule has 1 aliphatic carbocycles. The molecule has 2 aliphatic rings. The lowest BCUT2D eigenvalue weighted by Gasteiger charge is -2.31. The number of hydrogen-bond donors (Lipinski definition) is 0. The van der Waals surface area contributed by atoms with Gasteiger partial charge >= 0.3 is 6.09 Å². The number of carbonyl (C=O) groups excluding carboxylic acids is 2. The van der Waals surface area contributed by atoms with Crippen molar-refractivity contribution >= 4 is 23.8 Å². The van der Waals surface area contributed by atoms with Gasteiger partial charge in [0.2, 0.25) is 0 Å². The summed E-state index contributed by atoms with van der Waals surface area (Å²) < 4.78 is 15.0. The number of amides is 2. The summed E-state index contributed by atoms with van der Waals surface area (Å²) in [5, 5.41) is 0. The van der Waals surface area contributed by atoms with E-state index < -0.39 is 10.8 Å². The topological polar surface area (TPSA) is 65.1 Å². The zero-order chi connectivity index (χ0) is 23.0. The highest BCUT2D eigenvalue weighted by Gasteiger charge is 2.45. The maximum Gasteiger partial charge on any atom is 0.417 e. The highest BCUT2D eigenvalue weighted by Crippen LogP contribution is 2.35. The lowest BCUT2D eigenvalue weighted by molar-refractivity contribution is -0.130. The molecule has 0 radical (unpaired) electrons. The van der Waals surface area contributed by atoms with Crippen molar-refractivity contribution in [1.29, 1.82) is 0 Å². The van der Waals surface area contributed by atoms with Gasteiger partial charge in [-0.15, -0.1) is 11.8 Å². The van der Waals surface area contributed by atoms with Crippen molar-refractivity contribution in [3.63, 3.8) is 0 Å². The average Bonchev–Trinajstić information content (AvgIpc) is 3.17. The summed E-state index contributed by atoms with van der Waals surface area (Å²) in [5.41, 5.74) is 2.20. The molecule has 2 atom stereocenters. The minimum Gasteiger partial charge on any atom is -0.447 e. The van der Waals surface area contributed by atoms with E-state index in [-0.39, 0.29) is 24.8 Å². The molecule has 1 aromatic carbocycles. The van der Waals surface area contributed by atoms with Crippen molar-refractivity contribution in [2.75, 3.05) is 26.6 Å². The number of hydrogen-bond acceptors (Lipinski definition) is 6. The van der Waals surface area contributed by atoms with Crippen LogP contribution in [0.3, 0.4) is 0 Å². The minimum atomic E-state index is -0.901. The van der Waals surface area contributed by atoms with Gasteiger partial charge in [-0.3, -0.25) is 4.79 Å². The Morgan fingerprint density at radius 1 is 1.31 bits per heavy atom. The van der Waals surface area contributed by atoms with Crippen molar-refractivity contribution in [2.24, 2.45) is 0 Å². The quantitative estimate of drug-likeness (QED) is 0.471. The molecule has 0 N–H and O–H groups in total. The Morgan fingerprint density at radius 2 is 2.06 bits per heavy atom. The zero-order valence-corrected chi connectivity index (χ0v) is 19.9. The third-order valence-corrected chi connectivity index (χ3v) is 7.16. The lowest BCUT2D eigenvalue weighted by Crippen LogP contribution is -2.49. The number of methoxy groups -OCH3 is 2. The van der Waals surface area contributed by atoms with Gasteiger partial charge in [-0.05, 0) is 43.9 Å². The van der Waals surface area contributed by atoms with Crippen LogP contribution < -0.4 is 0 Å². The first kappa shape index (κ1) is 24.6. The molecule has 174 valence electrons. The van der Waals surface area contributed by atoms with Crippen molar-refractivity contribution in [1.82, 2.24) is 4.90 Å². The first-order valence-corrected chi connectivity index (χ1v) is 12.1. The maximum atomic E-state index is 13.8. The summed E-state index contributed by atoms with van der Waals surface area (Å²) in [7, 11) is 3.21. The van der Waals surface area contributed by atoms with E-state index in [1.807, 2.05) is 43.3 Å². The van der Waals surface area contributed by atoms with Crippen molar-refractivity contribution in [3.05, 3.63) is 59.7 Å². The van der Waals surface area contributed by atoms with Crippen LogP contribution in [0.1, 0.15) is 38.2 Å². The van der Waals surface area contributed by atoms with E-state index in [0.29, 0.717) is 18.6 Å². The highest BCUT2D eigenvalue weighted by molar-refractivity contribution is 8.01. The van der Waals surface area contributed by atoms with Crippen LogP contribution in [0.2, 0.25) is 0 Å². The number of cyclic esters (lactones) is 1. The fourth-order valence-corrected chi connectivity index (χ4v) is 5.26. The van der Waals surface area contributed by atoms with Crippen LogP contribution in [0.5, 0.6) is 0 Å². The van der Waals surface area contributed by atoms with Crippen LogP contribution in [0, 0.1) is 0 Å². The number of rotatable bonds is 10. The van der Waals surface area contributed by atoms with Crippen molar-refractivity contribution in [2.45, 2.75) is 56.1 Å². The van der Waals surface area contributed by atoms with E-state index >= 15 is 0 Å². The minimum absolute atomic E-state index is 0.214. The molecule has 6 nitrogen and oxygen atoms in total. The highest BCUT2D eigenvalue weighted by atomic mass is 32.2. The van der Waals surface area contributed by atoms with Gasteiger partial charge in [0, 0.05) is 20.6 Å². The van der Waals surface area contributed by atoms with Crippen LogP contribution in [-0.4, -0.2) is 60.6 Å². The van der Waals surface area contributed by atoms with Crippen molar-refractivity contribution < 1.29 is 23.8 Å². The number of imide groups is 1. The van der Waals surface area contributed by atoms with Gasteiger partial charge in [0.1, 0.15) is 11.4 Å². The normalized spacial score (nSPS) is 21.8. The van der Waals surface area contributed by atoms with Crippen LogP contribution in [0.25, 0.3) is 0 Å². The molecule has 0 spiro atoms. The Labute approximate surface area is 195 Å². The first-order valence-electron chi connectivity index (χ1n) is 11.1. The monoisotopic (exact) mass is 459 g/mol. The van der Waals surface area contributed by atoms with Crippen LogP contribution in [0.15, 0.2) is 54.1 Å². The molecule has 3 rings (SSSR count). The first-order chi connectivity index (χ1) is 15.5. The van der Waals surface area contributed by atoms with Gasteiger partial charge in [-0.25, -0.2) is 9.69 Å². The summed E-state index contributed by atoms with van der Waals surface area (Å²) >= 11 is 1.51. The second-order valence-corrected chi connectivity index (χ2v) is 9.80. The standard InChI is InChI=1S/C25H33NO5S/c1-25(17-20-12-8-5-9-13-20,32-15-14-22(29-2)30-3)23(27)26-21(18-31-24(26)28)16-19-10-6-4-7-11-19/h4,6-8,10-12,17,21-22H,5,9,13-16,18H2,1-3H3/b20-17-/t21-,25+/m1/s1. The third kappa shape index (κ3) is 6.24. The molecular weight excluding hydrogens is 426 g/mol. The predicted octanol–water partition coefficient (Wildman–Crippen LogP) is 4.74. The number of carbonyl (C=O) groups is 2. The molecule has 0 bridgehead atoms. The van der Waals surface area contributed by atoms with Gasteiger partial charge in [-0.1, -0.05) is 54.1 Å². The molecule has 0 saturated carbocycles. The number of allylic oxidation sites excluding steroid dienone is 3. The molecule has 1 aliphatic heterocycles. The second-order valence-electron chi connectivity index (χ2n) is 8.25. The van der Waals surface area contributed by atoms with Gasteiger partial charge in [0.15, 0.2) is 6.29 Å². The van der Waals surface area contributed by atoms with Crippen LogP contribution >= 0.6 is 11.8 Å². The van der Waals surface area contributed by atoms with E-state index in [1.54, 1.807) is 14.2 Å². The molecule has 32 heavy (non-hydrogen) atoms. The number of thioether (sulfide) groups is 1. The molecule has 7 heteroatoms. The zero-order valence-electron chi connectivity index (χ0n) is 19.1. The predicted molar refractivity (Wildman–Crippen MR) is 126 cm³/mol. The molecule has 1 saturated heterocycles. The number of benzene rings is 1. The summed E-state index contributed by atoms with van der Waals surface area (Å²) in [6, 6.07) is 9.56. The molecule has 1 heterocycles. The van der Waals surface area contributed by atoms with Gasteiger partial charge in [-0.2, -0.15) is 0 Å². The Balaban J connectivity index is 1.82. The summed E-state index contributed by atoms with van der Waals surface area (Å²) in [6.45, 7) is 2.11. The van der Waals surface area contributed by atoms with Gasteiger partial charge in [0.05, 0.1) is 6.04 Å². The molecule has 1 aromatic rings. The van der Waals surface area contributed by atoms with Gasteiger partial charge < -0.3 is 14.2 Å².